The summed E-state index contributed by atoms with van der Waals surface area (Å²) in [5, 5.41) is 0. The van der Waals surface area contributed by atoms with Crippen LogP contribution in [0.1, 0.15) is 38.8 Å². The predicted octanol–water partition coefficient (Wildman–Crippen LogP) is 4.19. The summed E-state index contributed by atoms with van der Waals surface area (Å²) < 4.78 is -0.0225. The van der Waals surface area contributed by atoms with Gasteiger partial charge in [-0.3, -0.25) is 0 Å². The smallest absolute Gasteiger partial charge is 0.0324 e. The normalized spacial score (nSPS) is 10.3. The lowest BCUT2D eigenvalue weighted by atomic mass is 9.97. The third-order valence-corrected chi connectivity index (χ3v) is 2.05. The van der Waals surface area contributed by atoms with Crippen LogP contribution in [0.25, 0.3) is 0 Å². The Morgan fingerprint density at radius 2 is 1.54 bits per heavy atom. The molecule has 74 valence electrons. The van der Waals surface area contributed by atoms with Gasteiger partial charge in [-0.1, -0.05) is 38.1 Å². The molecule has 1 rings (SSSR count). The molecular weight excluding hydrogens is 176 g/mol. The van der Waals surface area contributed by atoms with Gasteiger partial charge in [0.15, 0.2) is 0 Å². The molecule has 0 aliphatic carbocycles. The van der Waals surface area contributed by atoms with Gasteiger partial charge in [0.05, 0.1) is 0 Å². The van der Waals surface area contributed by atoms with Gasteiger partial charge in [-0.05, 0) is 31.9 Å². The molecule has 0 atom stereocenters. The van der Waals surface area contributed by atoms with Crippen LogP contribution in [0.5, 0.6) is 0 Å². The van der Waals surface area contributed by atoms with Crippen LogP contribution in [0.15, 0.2) is 24.3 Å². The summed E-state index contributed by atoms with van der Waals surface area (Å²) in [6.07, 6.45) is 0. The van der Waals surface area contributed by atoms with Crippen molar-refractivity contribution < 1.29 is 0 Å². The zero-order valence-corrected chi connectivity index (χ0v) is 10.2. The summed E-state index contributed by atoms with van der Waals surface area (Å²) in [6.45, 7) is 10.3. The quantitative estimate of drug-likeness (QED) is 0.640. The van der Waals surface area contributed by atoms with E-state index in [4.69, 9.17) is 0 Å². The van der Waals surface area contributed by atoms with Crippen LogP contribution < -0.4 is 0 Å². The van der Waals surface area contributed by atoms with E-state index in [0.29, 0.717) is 0 Å². The van der Waals surface area contributed by atoms with Gasteiger partial charge in [0.1, 0.15) is 0 Å². The highest BCUT2D eigenvalue weighted by Gasteiger charge is 2.15. The Morgan fingerprint density at radius 3 is 1.85 bits per heavy atom. The summed E-state index contributed by atoms with van der Waals surface area (Å²) >= 11 is 4.51. The molecule has 0 N–H and O–H groups in total. The lowest BCUT2D eigenvalue weighted by molar-refractivity contribution is 0.783. The third-order valence-electron chi connectivity index (χ3n) is 1.80. The van der Waals surface area contributed by atoms with E-state index in [1.165, 1.54) is 11.1 Å². The predicted molar refractivity (Wildman–Crippen MR) is 64.5 cm³/mol. The molecular formula is C12H20S. The first-order valence-corrected chi connectivity index (χ1v) is 5.25. The molecule has 0 bridgehead atoms. The second-order valence-corrected chi connectivity index (χ2v) is 4.49. The first-order chi connectivity index (χ1) is 6.02. The molecule has 0 aliphatic heterocycles. The van der Waals surface area contributed by atoms with E-state index in [-0.39, 0.29) is 4.75 Å². The maximum absolute atomic E-state index is 4.51. The number of thiol groups is 1. The standard InChI is InChI=1S/C10H14S.C2H6/c1-8-6-4-5-7-9(8)10(2,3)11;1-2/h4-7,11H,1-3H3;1-2H3. The van der Waals surface area contributed by atoms with Crippen molar-refractivity contribution in [3.63, 3.8) is 0 Å². The number of benzene rings is 1. The van der Waals surface area contributed by atoms with Crippen molar-refractivity contribution in [3.05, 3.63) is 35.4 Å². The highest BCUT2D eigenvalue weighted by Crippen LogP contribution is 2.28. The average molecular weight is 196 g/mol. The van der Waals surface area contributed by atoms with Crippen LogP contribution in [0.4, 0.5) is 0 Å². The van der Waals surface area contributed by atoms with Crippen molar-refractivity contribution >= 4 is 12.6 Å². The SMILES string of the molecule is CC.Cc1ccccc1C(C)(C)S. The number of hydrogen-bond acceptors (Lipinski definition) is 1. The zero-order chi connectivity index (χ0) is 10.5. The van der Waals surface area contributed by atoms with Crippen LogP contribution in [-0.4, -0.2) is 0 Å². The Balaban J connectivity index is 0.000000671. The Morgan fingerprint density at radius 1 is 1.08 bits per heavy atom. The lowest BCUT2D eigenvalue weighted by Gasteiger charge is -2.20. The van der Waals surface area contributed by atoms with E-state index >= 15 is 0 Å². The van der Waals surface area contributed by atoms with E-state index in [2.05, 4.69) is 57.7 Å². The molecule has 0 radical (unpaired) electrons. The molecule has 13 heavy (non-hydrogen) atoms. The molecule has 1 heteroatoms. The largest absolute Gasteiger partial charge is 0.168 e. The fraction of sp³-hybridized carbons (Fsp3) is 0.500. The second-order valence-electron chi connectivity index (χ2n) is 3.37. The molecule has 0 saturated heterocycles. The topological polar surface area (TPSA) is 0 Å². The van der Waals surface area contributed by atoms with E-state index in [9.17, 15) is 0 Å². The Labute approximate surface area is 87.8 Å². The van der Waals surface area contributed by atoms with E-state index < -0.39 is 0 Å². The van der Waals surface area contributed by atoms with Crippen molar-refractivity contribution in [2.75, 3.05) is 0 Å². The van der Waals surface area contributed by atoms with Crippen molar-refractivity contribution in [2.45, 2.75) is 39.4 Å². The van der Waals surface area contributed by atoms with Crippen LogP contribution in [0.2, 0.25) is 0 Å². The maximum atomic E-state index is 4.51. The Hall–Kier alpha value is -0.430. The van der Waals surface area contributed by atoms with Gasteiger partial charge in [0, 0.05) is 4.75 Å². The van der Waals surface area contributed by atoms with E-state index in [0.717, 1.165) is 0 Å². The molecule has 0 fully saturated rings. The summed E-state index contributed by atoms with van der Waals surface area (Å²) in [7, 11) is 0. The van der Waals surface area contributed by atoms with E-state index in [1.807, 2.05) is 13.8 Å². The highest BCUT2D eigenvalue weighted by molar-refractivity contribution is 7.81. The first kappa shape index (κ1) is 12.6. The fourth-order valence-corrected chi connectivity index (χ4v) is 1.51. The maximum Gasteiger partial charge on any atom is 0.0324 e. The van der Waals surface area contributed by atoms with Crippen LogP contribution in [-0.2, 0) is 4.75 Å². The zero-order valence-electron chi connectivity index (χ0n) is 9.26. The molecule has 0 aromatic heterocycles. The lowest BCUT2D eigenvalue weighted by Crippen LogP contribution is -2.09. The summed E-state index contributed by atoms with van der Waals surface area (Å²) in [4.78, 5) is 0. The second kappa shape index (κ2) is 5.33. The van der Waals surface area contributed by atoms with Gasteiger partial charge >= 0.3 is 0 Å². The fourth-order valence-electron chi connectivity index (χ4n) is 1.26. The molecule has 1 aromatic rings. The summed E-state index contributed by atoms with van der Waals surface area (Å²) in [5.74, 6) is 0. The number of hydrogen-bond donors (Lipinski definition) is 1. The van der Waals surface area contributed by atoms with Crippen LogP contribution in [0, 0.1) is 6.92 Å². The molecule has 0 aliphatic rings. The molecule has 0 unspecified atom stereocenters. The molecule has 1 aromatic carbocycles. The van der Waals surface area contributed by atoms with Gasteiger partial charge in [-0.25, -0.2) is 0 Å². The summed E-state index contributed by atoms with van der Waals surface area (Å²) in [6, 6.07) is 8.36. The van der Waals surface area contributed by atoms with Crippen molar-refractivity contribution in [1.29, 1.82) is 0 Å². The molecule has 0 nitrogen and oxygen atoms in total. The van der Waals surface area contributed by atoms with E-state index in [1.54, 1.807) is 0 Å². The number of rotatable bonds is 1. The van der Waals surface area contributed by atoms with Crippen LogP contribution in [0.3, 0.4) is 0 Å². The molecule has 0 spiro atoms. The first-order valence-electron chi connectivity index (χ1n) is 4.80. The molecule has 0 amide bonds. The minimum Gasteiger partial charge on any atom is -0.168 e. The minimum absolute atomic E-state index is 0.0225. The van der Waals surface area contributed by atoms with Crippen molar-refractivity contribution in [1.82, 2.24) is 0 Å². The Bertz CT molecular complexity index is 246. The van der Waals surface area contributed by atoms with Gasteiger partial charge in [-0.2, -0.15) is 12.6 Å². The highest BCUT2D eigenvalue weighted by atomic mass is 32.1. The van der Waals surface area contributed by atoms with Gasteiger partial charge in [-0.15, -0.1) is 0 Å². The average Bonchev–Trinajstić information content (AvgIpc) is 2.07. The Kier molecular flexibility index (Phi) is 5.16. The van der Waals surface area contributed by atoms with Crippen molar-refractivity contribution in [2.24, 2.45) is 0 Å². The monoisotopic (exact) mass is 196 g/mol. The molecule has 0 saturated carbocycles. The van der Waals surface area contributed by atoms with Gasteiger partial charge in [0.2, 0.25) is 0 Å². The summed E-state index contributed by atoms with van der Waals surface area (Å²) in [5.41, 5.74) is 2.62. The van der Waals surface area contributed by atoms with Crippen molar-refractivity contribution in [3.8, 4) is 0 Å². The number of aryl methyl sites for hydroxylation is 1. The molecule has 0 heterocycles. The van der Waals surface area contributed by atoms with Gasteiger partial charge in [0.25, 0.3) is 0 Å². The third kappa shape index (κ3) is 3.86. The van der Waals surface area contributed by atoms with Crippen LogP contribution >= 0.6 is 12.6 Å². The minimum atomic E-state index is -0.0225. The van der Waals surface area contributed by atoms with Gasteiger partial charge < -0.3 is 0 Å².